The molecule has 0 fully saturated rings. The number of halogens is 1. The first kappa shape index (κ1) is 15.6. The van der Waals surface area contributed by atoms with Crippen molar-refractivity contribution in [1.82, 2.24) is 10.3 Å². The summed E-state index contributed by atoms with van der Waals surface area (Å²) >= 11 is 4.56. The number of amides is 1. The number of nitro groups is 1. The van der Waals surface area contributed by atoms with E-state index in [-0.39, 0.29) is 23.2 Å². The van der Waals surface area contributed by atoms with Crippen LogP contribution in [0.3, 0.4) is 0 Å². The number of rotatable bonds is 5. The number of thiazole rings is 1. The van der Waals surface area contributed by atoms with Gasteiger partial charge in [0.15, 0.2) is 0 Å². The summed E-state index contributed by atoms with van der Waals surface area (Å²) in [6, 6.07) is 4.10. The summed E-state index contributed by atoms with van der Waals surface area (Å²) < 4.78 is 0.344. The zero-order chi connectivity index (χ0) is 15.4. The van der Waals surface area contributed by atoms with Crippen molar-refractivity contribution in [3.8, 4) is 0 Å². The molecule has 2 aromatic rings. The van der Waals surface area contributed by atoms with Gasteiger partial charge in [0, 0.05) is 23.2 Å². The van der Waals surface area contributed by atoms with Crippen molar-refractivity contribution in [2.75, 3.05) is 0 Å². The Morgan fingerprint density at radius 3 is 2.90 bits per heavy atom. The van der Waals surface area contributed by atoms with Crippen LogP contribution in [0.1, 0.15) is 34.8 Å². The lowest BCUT2D eigenvalue weighted by Crippen LogP contribution is -2.28. The summed E-state index contributed by atoms with van der Waals surface area (Å²) in [6.45, 7) is 1.94. The number of aromatic nitrogens is 1. The Labute approximate surface area is 133 Å². The predicted octanol–water partition coefficient (Wildman–Crippen LogP) is 3.69. The number of nitro benzene ring substituents is 1. The van der Waals surface area contributed by atoms with Gasteiger partial charge in [0.2, 0.25) is 0 Å². The number of nitrogens with one attached hydrogen (secondary N) is 1. The maximum Gasteiger partial charge on any atom is 0.284 e. The second-order valence-electron chi connectivity index (χ2n) is 4.23. The summed E-state index contributed by atoms with van der Waals surface area (Å²) in [5.41, 5.74) is 0.116. The Balaban J connectivity index is 2.20. The SMILES string of the molecule is CCC(NC(=O)c1ccc(Br)c([N+](=O)[O-])c1)c1nccs1. The second kappa shape index (κ2) is 6.77. The average Bonchev–Trinajstić information content (AvgIpc) is 2.98. The average molecular weight is 370 g/mol. The van der Waals surface area contributed by atoms with Crippen molar-refractivity contribution in [2.45, 2.75) is 19.4 Å². The zero-order valence-electron chi connectivity index (χ0n) is 11.1. The first-order valence-electron chi connectivity index (χ1n) is 6.17. The fourth-order valence-corrected chi connectivity index (χ4v) is 2.94. The smallest absolute Gasteiger partial charge is 0.284 e. The molecule has 1 amide bonds. The molecule has 0 aliphatic carbocycles. The molecular weight excluding hydrogens is 358 g/mol. The molecule has 0 radical (unpaired) electrons. The molecular formula is C13H12BrN3O3S. The zero-order valence-corrected chi connectivity index (χ0v) is 13.5. The van der Waals surface area contributed by atoms with Crippen LogP contribution in [-0.4, -0.2) is 15.8 Å². The molecule has 110 valence electrons. The van der Waals surface area contributed by atoms with Crippen molar-refractivity contribution >= 4 is 38.9 Å². The van der Waals surface area contributed by atoms with E-state index >= 15 is 0 Å². The van der Waals surface area contributed by atoms with E-state index in [4.69, 9.17) is 0 Å². The molecule has 0 saturated carbocycles. The predicted molar refractivity (Wildman–Crippen MR) is 83.4 cm³/mol. The van der Waals surface area contributed by atoms with E-state index in [1.165, 1.54) is 23.5 Å². The van der Waals surface area contributed by atoms with Gasteiger partial charge in [-0.15, -0.1) is 11.3 Å². The van der Waals surface area contributed by atoms with Crippen LogP contribution < -0.4 is 5.32 Å². The fraction of sp³-hybridized carbons (Fsp3) is 0.231. The van der Waals surface area contributed by atoms with Crippen molar-refractivity contribution in [1.29, 1.82) is 0 Å². The third-order valence-corrected chi connectivity index (χ3v) is 4.43. The van der Waals surface area contributed by atoms with E-state index in [0.29, 0.717) is 10.9 Å². The lowest BCUT2D eigenvalue weighted by atomic mass is 10.1. The molecule has 1 aromatic heterocycles. The van der Waals surface area contributed by atoms with Crippen molar-refractivity contribution in [3.63, 3.8) is 0 Å². The minimum absolute atomic E-state index is 0.134. The van der Waals surface area contributed by atoms with E-state index in [9.17, 15) is 14.9 Å². The van der Waals surface area contributed by atoms with Crippen molar-refractivity contribution in [2.24, 2.45) is 0 Å². The molecule has 1 heterocycles. The molecule has 0 spiro atoms. The maximum atomic E-state index is 12.2. The van der Waals surface area contributed by atoms with E-state index in [1.54, 1.807) is 12.3 Å². The topological polar surface area (TPSA) is 85.1 Å². The summed E-state index contributed by atoms with van der Waals surface area (Å²) in [6.07, 6.45) is 2.37. The van der Waals surface area contributed by atoms with Crippen LogP contribution in [0.15, 0.2) is 34.2 Å². The Morgan fingerprint density at radius 1 is 1.57 bits per heavy atom. The number of benzene rings is 1. The van der Waals surface area contributed by atoms with E-state index in [1.807, 2.05) is 12.3 Å². The van der Waals surface area contributed by atoms with Crippen LogP contribution >= 0.6 is 27.3 Å². The van der Waals surface area contributed by atoms with Gasteiger partial charge in [0.1, 0.15) is 5.01 Å². The monoisotopic (exact) mass is 369 g/mol. The summed E-state index contributed by atoms with van der Waals surface area (Å²) in [7, 11) is 0. The highest BCUT2D eigenvalue weighted by molar-refractivity contribution is 9.10. The highest BCUT2D eigenvalue weighted by atomic mass is 79.9. The van der Waals surface area contributed by atoms with Gasteiger partial charge in [-0.05, 0) is 34.5 Å². The van der Waals surface area contributed by atoms with Crippen LogP contribution in [0.25, 0.3) is 0 Å². The molecule has 2 rings (SSSR count). The third kappa shape index (κ3) is 3.64. The molecule has 1 unspecified atom stereocenters. The molecule has 0 bridgehead atoms. The molecule has 0 aliphatic heterocycles. The standard InChI is InChI=1S/C13H12BrN3O3S/c1-2-10(13-15-5-6-21-13)16-12(18)8-3-4-9(14)11(7-8)17(19)20/h3-7,10H,2H2,1H3,(H,16,18). The van der Waals surface area contributed by atoms with Gasteiger partial charge < -0.3 is 5.32 Å². The molecule has 0 saturated heterocycles. The van der Waals surface area contributed by atoms with Gasteiger partial charge in [-0.3, -0.25) is 14.9 Å². The maximum absolute atomic E-state index is 12.2. The lowest BCUT2D eigenvalue weighted by molar-refractivity contribution is -0.385. The lowest BCUT2D eigenvalue weighted by Gasteiger charge is -2.14. The Bertz CT molecular complexity index is 661. The molecule has 1 aromatic carbocycles. The number of carbonyl (C=O) groups is 1. The molecule has 21 heavy (non-hydrogen) atoms. The summed E-state index contributed by atoms with van der Waals surface area (Å²) in [4.78, 5) is 26.8. The third-order valence-electron chi connectivity index (χ3n) is 2.87. The van der Waals surface area contributed by atoms with Crippen LogP contribution in [0.2, 0.25) is 0 Å². The Morgan fingerprint density at radius 2 is 2.33 bits per heavy atom. The molecule has 8 heteroatoms. The normalized spacial score (nSPS) is 11.9. The summed E-state index contributed by atoms with van der Waals surface area (Å²) in [5, 5.41) is 16.4. The Hall–Kier alpha value is -1.80. The van der Waals surface area contributed by atoms with Gasteiger partial charge >= 0.3 is 0 Å². The van der Waals surface area contributed by atoms with Gasteiger partial charge in [-0.25, -0.2) is 4.98 Å². The fourth-order valence-electron chi connectivity index (χ4n) is 1.78. The van der Waals surface area contributed by atoms with Crippen molar-refractivity contribution in [3.05, 3.63) is 54.9 Å². The minimum Gasteiger partial charge on any atom is -0.343 e. The second-order valence-corrected chi connectivity index (χ2v) is 6.01. The van der Waals surface area contributed by atoms with Crippen molar-refractivity contribution < 1.29 is 9.72 Å². The number of carbonyl (C=O) groups excluding carboxylic acids is 1. The Kier molecular flexibility index (Phi) is 5.03. The van der Waals surface area contributed by atoms with Crippen LogP contribution in [-0.2, 0) is 0 Å². The molecule has 6 nitrogen and oxygen atoms in total. The number of hydrogen-bond acceptors (Lipinski definition) is 5. The van der Waals surface area contributed by atoms with E-state index < -0.39 is 4.92 Å². The van der Waals surface area contributed by atoms with Gasteiger partial charge in [-0.2, -0.15) is 0 Å². The van der Waals surface area contributed by atoms with Crippen LogP contribution in [0.4, 0.5) is 5.69 Å². The van der Waals surface area contributed by atoms with Gasteiger partial charge in [0.05, 0.1) is 15.4 Å². The minimum atomic E-state index is -0.529. The van der Waals surface area contributed by atoms with E-state index in [2.05, 4.69) is 26.2 Å². The largest absolute Gasteiger partial charge is 0.343 e. The molecule has 1 atom stereocenters. The highest BCUT2D eigenvalue weighted by Crippen LogP contribution is 2.26. The number of nitrogens with zero attached hydrogens (tertiary/aromatic N) is 2. The summed E-state index contributed by atoms with van der Waals surface area (Å²) in [5.74, 6) is -0.354. The molecule has 0 aliphatic rings. The first-order valence-corrected chi connectivity index (χ1v) is 7.84. The van der Waals surface area contributed by atoms with Gasteiger partial charge in [-0.1, -0.05) is 6.92 Å². The van der Waals surface area contributed by atoms with Gasteiger partial charge in [0.25, 0.3) is 11.6 Å². The highest BCUT2D eigenvalue weighted by Gasteiger charge is 2.19. The van der Waals surface area contributed by atoms with E-state index in [0.717, 1.165) is 5.01 Å². The van der Waals surface area contributed by atoms with Crippen LogP contribution in [0.5, 0.6) is 0 Å². The van der Waals surface area contributed by atoms with Crippen LogP contribution in [0, 0.1) is 10.1 Å². The molecule has 1 N–H and O–H groups in total. The number of hydrogen-bond donors (Lipinski definition) is 1. The quantitative estimate of drug-likeness (QED) is 0.643. The first-order chi connectivity index (χ1) is 10.0.